The number of benzene rings is 1. The molecule has 1 saturated heterocycles. The molecule has 1 aromatic carbocycles. The predicted octanol–water partition coefficient (Wildman–Crippen LogP) is 2.45. The van der Waals surface area contributed by atoms with E-state index in [0.717, 1.165) is 38.3 Å². The Morgan fingerprint density at radius 1 is 1.33 bits per heavy atom. The number of hydrogen-bond donors (Lipinski definition) is 1. The molecule has 2 aliphatic rings. The summed E-state index contributed by atoms with van der Waals surface area (Å²) in [6.07, 6.45) is 2.30. The average Bonchev–Trinajstić information content (AvgIpc) is 2.38. The molecule has 0 saturated carbocycles. The second kappa shape index (κ2) is 4.56. The van der Waals surface area contributed by atoms with Gasteiger partial charge >= 0.3 is 0 Å². The van der Waals surface area contributed by atoms with Gasteiger partial charge in [0.25, 0.3) is 0 Å². The number of aryl methyl sites for hydroxylation is 1. The monoisotopic (exact) mass is 247 g/mol. The first-order valence-corrected chi connectivity index (χ1v) is 6.79. The summed E-state index contributed by atoms with van der Waals surface area (Å²) in [7, 11) is 0. The minimum absolute atomic E-state index is 0.0643. The third-order valence-electron chi connectivity index (χ3n) is 3.78. The summed E-state index contributed by atoms with van der Waals surface area (Å²) in [4.78, 5) is 0. The zero-order chi connectivity index (χ0) is 12.6. The smallest absolute Gasteiger partial charge is 0.129 e. The van der Waals surface area contributed by atoms with Gasteiger partial charge in [0, 0.05) is 18.7 Å². The largest absolute Gasteiger partial charge is 0.487 e. The van der Waals surface area contributed by atoms with E-state index >= 15 is 0 Å². The van der Waals surface area contributed by atoms with Gasteiger partial charge in [-0.3, -0.25) is 0 Å². The third kappa shape index (κ3) is 2.25. The molecule has 3 heteroatoms. The maximum Gasteiger partial charge on any atom is 0.129 e. The second-order valence-electron chi connectivity index (χ2n) is 5.76. The Morgan fingerprint density at radius 2 is 2.22 bits per heavy atom. The molecule has 1 N–H and O–H groups in total. The molecule has 0 aromatic heterocycles. The second-order valence-corrected chi connectivity index (χ2v) is 5.76. The number of nitrogens with one attached hydrogen (secondary N) is 1. The summed E-state index contributed by atoms with van der Waals surface area (Å²) in [5.41, 5.74) is 2.46. The normalized spacial score (nSPS) is 26.2. The van der Waals surface area contributed by atoms with Crippen molar-refractivity contribution in [1.82, 2.24) is 5.32 Å². The lowest BCUT2D eigenvalue weighted by Gasteiger charge is -2.35. The van der Waals surface area contributed by atoms with Crippen LogP contribution in [0.4, 0.5) is 0 Å². The molecule has 3 rings (SSSR count). The van der Waals surface area contributed by atoms with Crippen LogP contribution in [0.25, 0.3) is 0 Å². The summed E-state index contributed by atoms with van der Waals surface area (Å²) < 4.78 is 12.1. The number of ether oxygens (including phenoxy) is 2. The lowest BCUT2D eigenvalue weighted by Crippen LogP contribution is -2.36. The average molecular weight is 247 g/mol. The summed E-state index contributed by atoms with van der Waals surface area (Å²) >= 11 is 0. The SMILES string of the molecule is CC1(C)CCc2cccc(C3CNCCO3)c2O1. The molecular formula is C15H21NO2. The van der Waals surface area contributed by atoms with Crippen molar-refractivity contribution in [3.05, 3.63) is 29.3 Å². The van der Waals surface area contributed by atoms with E-state index in [1.165, 1.54) is 11.1 Å². The van der Waals surface area contributed by atoms with E-state index in [-0.39, 0.29) is 11.7 Å². The van der Waals surface area contributed by atoms with E-state index < -0.39 is 0 Å². The van der Waals surface area contributed by atoms with Crippen LogP contribution in [-0.2, 0) is 11.2 Å². The van der Waals surface area contributed by atoms with Crippen molar-refractivity contribution in [2.45, 2.75) is 38.4 Å². The Kier molecular flexibility index (Phi) is 3.04. The highest BCUT2D eigenvalue weighted by atomic mass is 16.5. The van der Waals surface area contributed by atoms with E-state index in [2.05, 4.69) is 37.4 Å². The van der Waals surface area contributed by atoms with Crippen molar-refractivity contribution in [3.63, 3.8) is 0 Å². The fraction of sp³-hybridized carbons (Fsp3) is 0.600. The van der Waals surface area contributed by atoms with Gasteiger partial charge in [0.05, 0.1) is 12.7 Å². The first kappa shape index (κ1) is 12.0. The molecule has 1 aromatic rings. The maximum atomic E-state index is 6.20. The molecule has 2 aliphatic heterocycles. The van der Waals surface area contributed by atoms with Crippen LogP contribution in [0.3, 0.4) is 0 Å². The van der Waals surface area contributed by atoms with Crippen LogP contribution in [0.15, 0.2) is 18.2 Å². The highest BCUT2D eigenvalue weighted by Crippen LogP contribution is 2.39. The fourth-order valence-corrected chi connectivity index (χ4v) is 2.71. The number of rotatable bonds is 1. The van der Waals surface area contributed by atoms with Gasteiger partial charge < -0.3 is 14.8 Å². The zero-order valence-electron chi connectivity index (χ0n) is 11.2. The Morgan fingerprint density at radius 3 is 3.00 bits per heavy atom. The van der Waals surface area contributed by atoms with Crippen LogP contribution in [0.5, 0.6) is 5.75 Å². The summed E-state index contributed by atoms with van der Waals surface area (Å²) in [6.45, 7) is 6.91. The van der Waals surface area contributed by atoms with E-state index in [0.29, 0.717) is 0 Å². The first-order valence-electron chi connectivity index (χ1n) is 6.79. The van der Waals surface area contributed by atoms with Gasteiger partial charge in [-0.25, -0.2) is 0 Å². The molecule has 1 atom stereocenters. The van der Waals surface area contributed by atoms with Crippen molar-refractivity contribution in [2.24, 2.45) is 0 Å². The summed E-state index contributed by atoms with van der Waals surface area (Å²) in [5.74, 6) is 1.06. The Balaban J connectivity index is 1.95. The van der Waals surface area contributed by atoms with E-state index in [1.807, 2.05) is 0 Å². The molecule has 18 heavy (non-hydrogen) atoms. The summed E-state index contributed by atoms with van der Waals surface area (Å²) in [5, 5.41) is 3.38. The van der Waals surface area contributed by atoms with Gasteiger partial charge in [0.15, 0.2) is 0 Å². The first-order chi connectivity index (χ1) is 8.66. The quantitative estimate of drug-likeness (QED) is 0.827. The lowest BCUT2D eigenvalue weighted by atomic mass is 9.91. The van der Waals surface area contributed by atoms with Crippen LogP contribution in [0.1, 0.15) is 37.5 Å². The number of hydrogen-bond acceptors (Lipinski definition) is 3. The van der Waals surface area contributed by atoms with Crippen molar-refractivity contribution in [1.29, 1.82) is 0 Å². The standard InChI is InChI=1S/C15H21NO2/c1-15(2)7-6-11-4-3-5-12(14(11)18-15)13-10-16-8-9-17-13/h3-5,13,16H,6-10H2,1-2H3. The molecule has 0 amide bonds. The molecule has 1 fully saturated rings. The third-order valence-corrected chi connectivity index (χ3v) is 3.78. The molecule has 98 valence electrons. The van der Waals surface area contributed by atoms with Crippen molar-refractivity contribution < 1.29 is 9.47 Å². The van der Waals surface area contributed by atoms with Crippen molar-refractivity contribution in [3.8, 4) is 5.75 Å². The van der Waals surface area contributed by atoms with Gasteiger partial charge in [-0.15, -0.1) is 0 Å². The van der Waals surface area contributed by atoms with Crippen LogP contribution >= 0.6 is 0 Å². The molecule has 0 radical (unpaired) electrons. The maximum absolute atomic E-state index is 6.20. The van der Waals surface area contributed by atoms with Crippen LogP contribution in [0, 0.1) is 0 Å². The number of fused-ring (bicyclic) bond motifs is 1. The van der Waals surface area contributed by atoms with Crippen LogP contribution in [-0.4, -0.2) is 25.3 Å². The Labute approximate surface area is 108 Å². The fourth-order valence-electron chi connectivity index (χ4n) is 2.71. The van der Waals surface area contributed by atoms with Crippen molar-refractivity contribution >= 4 is 0 Å². The van der Waals surface area contributed by atoms with Crippen molar-refractivity contribution in [2.75, 3.05) is 19.7 Å². The van der Waals surface area contributed by atoms with Crippen LogP contribution in [0.2, 0.25) is 0 Å². The molecule has 0 aliphatic carbocycles. The Hall–Kier alpha value is -1.06. The van der Waals surface area contributed by atoms with Gasteiger partial charge in [0.2, 0.25) is 0 Å². The highest BCUT2D eigenvalue weighted by molar-refractivity contribution is 5.45. The van der Waals surface area contributed by atoms with E-state index in [9.17, 15) is 0 Å². The molecule has 2 heterocycles. The molecule has 0 bridgehead atoms. The Bertz CT molecular complexity index is 436. The molecule has 0 spiro atoms. The minimum atomic E-state index is -0.0643. The molecule has 3 nitrogen and oxygen atoms in total. The minimum Gasteiger partial charge on any atom is -0.487 e. The van der Waals surface area contributed by atoms with Gasteiger partial charge in [0.1, 0.15) is 11.4 Å². The van der Waals surface area contributed by atoms with Gasteiger partial charge in [-0.1, -0.05) is 18.2 Å². The topological polar surface area (TPSA) is 30.5 Å². The molecule has 1 unspecified atom stereocenters. The van der Waals surface area contributed by atoms with Crippen LogP contribution < -0.4 is 10.1 Å². The number of morpholine rings is 1. The zero-order valence-corrected chi connectivity index (χ0v) is 11.2. The summed E-state index contributed by atoms with van der Waals surface area (Å²) in [6, 6.07) is 6.43. The lowest BCUT2D eigenvalue weighted by molar-refractivity contribution is 0.0201. The predicted molar refractivity (Wildman–Crippen MR) is 71.0 cm³/mol. The number of para-hydroxylation sites is 1. The van der Waals surface area contributed by atoms with E-state index in [1.54, 1.807) is 0 Å². The van der Waals surface area contributed by atoms with E-state index in [4.69, 9.17) is 9.47 Å². The van der Waals surface area contributed by atoms with Gasteiger partial charge in [-0.2, -0.15) is 0 Å². The van der Waals surface area contributed by atoms with Gasteiger partial charge in [-0.05, 0) is 32.3 Å². The molecular weight excluding hydrogens is 226 g/mol. The highest BCUT2D eigenvalue weighted by Gasteiger charge is 2.30.